The molecule has 3 heterocycles. The normalized spacial score (nSPS) is 20.2. The van der Waals surface area contributed by atoms with E-state index in [9.17, 15) is 0 Å². The molecule has 0 spiro atoms. The van der Waals surface area contributed by atoms with E-state index in [0.29, 0.717) is 11.6 Å². The molecule has 2 unspecified atom stereocenters. The second-order valence-corrected chi connectivity index (χ2v) is 6.99. The molecule has 0 radical (unpaired) electrons. The first-order valence-electron chi connectivity index (χ1n) is 8.81. The van der Waals surface area contributed by atoms with Crippen molar-refractivity contribution in [1.82, 2.24) is 19.7 Å². The topological polar surface area (TPSA) is 67.8 Å². The van der Waals surface area contributed by atoms with Crippen molar-refractivity contribution < 1.29 is 4.74 Å². The minimum Gasteiger partial charge on any atom is -0.373 e. The van der Waals surface area contributed by atoms with Crippen LogP contribution in [0.2, 0.25) is 0 Å². The minimum absolute atomic E-state index is 0.118. The van der Waals surface area contributed by atoms with Crippen molar-refractivity contribution in [3.63, 3.8) is 0 Å². The molecule has 6 heteroatoms. The third-order valence-corrected chi connectivity index (χ3v) is 5.54. The summed E-state index contributed by atoms with van der Waals surface area (Å²) < 4.78 is 9.94. The van der Waals surface area contributed by atoms with Gasteiger partial charge in [-0.15, -0.1) is 0 Å². The molecule has 1 N–H and O–H groups in total. The van der Waals surface area contributed by atoms with Gasteiger partial charge < -0.3 is 14.6 Å². The average molecular weight is 341 g/mol. The van der Waals surface area contributed by atoms with Gasteiger partial charge in [-0.05, 0) is 38.8 Å². The number of nitrogens with one attached hydrogen (secondary N) is 1. The summed E-state index contributed by atoms with van der Waals surface area (Å²) in [6, 6.07) is 4.21. The van der Waals surface area contributed by atoms with Gasteiger partial charge in [-0.1, -0.05) is 0 Å². The molecule has 2 aromatic heterocycles. The fourth-order valence-corrected chi connectivity index (χ4v) is 3.80. The molecule has 0 saturated carbocycles. The van der Waals surface area contributed by atoms with Crippen LogP contribution in [0.25, 0.3) is 0 Å². The van der Waals surface area contributed by atoms with Gasteiger partial charge >= 0.3 is 0 Å². The number of aromatic nitrogens is 3. The van der Waals surface area contributed by atoms with E-state index in [1.54, 1.807) is 0 Å². The Morgan fingerprint density at radius 2 is 2.08 bits per heavy atom. The number of nitrogens with zero attached hydrogens (tertiary/aromatic N) is 4. The maximum Gasteiger partial charge on any atom is 0.120 e. The average Bonchev–Trinajstić information content (AvgIpc) is 3.21. The monoisotopic (exact) mass is 341 g/mol. The lowest BCUT2D eigenvalue weighted by Crippen LogP contribution is -2.25. The van der Waals surface area contributed by atoms with E-state index >= 15 is 0 Å². The molecule has 134 valence electrons. The van der Waals surface area contributed by atoms with E-state index in [0.717, 1.165) is 37.5 Å². The molecule has 0 bridgehead atoms. The molecule has 2 atom stereocenters. The highest BCUT2D eigenvalue weighted by atomic mass is 16.5. The Balaban J connectivity index is 1.66. The van der Waals surface area contributed by atoms with E-state index in [2.05, 4.69) is 37.3 Å². The van der Waals surface area contributed by atoms with Crippen LogP contribution in [-0.4, -0.2) is 27.5 Å². The molecule has 6 nitrogen and oxygen atoms in total. The van der Waals surface area contributed by atoms with E-state index in [1.807, 2.05) is 29.4 Å². The lowest BCUT2D eigenvalue weighted by atomic mass is 9.94. The second-order valence-electron chi connectivity index (χ2n) is 6.99. The van der Waals surface area contributed by atoms with E-state index < -0.39 is 0 Å². The van der Waals surface area contributed by atoms with Gasteiger partial charge in [0.25, 0.3) is 0 Å². The van der Waals surface area contributed by atoms with Crippen LogP contribution in [0.5, 0.6) is 0 Å². The maximum atomic E-state index is 9.15. The summed E-state index contributed by atoms with van der Waals surface area (Å²) in [6.07, 6.45) is 1.18. The summed E-state index contributed by atoms with van der Waals surface area (Å²) in [6.45, 7) is 8.70. The summed E-state index contributed by atoms with van der Waals surface area (Å²) in [5.41, 5.74) is 6.53. The molecule has 1 aliphatic rings. The van der Waals surface area contributed by atoms with Crippen molar-refractivity contribution in [2.24, 2.45) is 20.0 Å². The van der Waals surface area contributed by atoms with Crippen LogP contribution in [-0.2, 0) is 25.4 Å². The zero-order valence-electron chi connectivity index (χ0n) is 15.8. The molecule has 0 aromatic carbocycles. The van der Waals surface area contributed by atoms with Gasteiger partial charge in [-0.2, -0.15) is 10.4 Å². The smallest absolute Gasteiger partial charge is 0.120 e. The van der Waals surface area contributed by atoms with Crippen molar-refractivity contribution in [3.05, 3.63) is 40.0 Å². The second kappa shape index (κ2) is 7.03. The Hall–Kier alpha value is -2.10. The Labute approximate surface area is 149 Å². The predicted octanol–water partition coefficient (Wildman–Crippen LogP) is 2.42. The standard InChI is InChI=1S/C19H27N5O/c1-12-18(14(3)24(5)22-12)19-15(6-7-25-19)10-21-11-16-8-17(9-20)23(4)13(16)2/h8,15,19,21H,6-7,10-11H2,1-5H3. The van der Waals surface area contributed by atoms with Gasteiger partial charge in [0.15, 0.2) is 0 Å². The zero-order chi connectivity index (χ0) is 18.1. The SMILES string of the molecule is Cc1nn(C)c(C)c1C1OCCC1CNCc1cc(C#N)n(C)c1C. The third-order valence-electron chi connectivity index (χ3n) is 5.54. The van der Waals surface area contributed by atoms with E-state index in [-0.39, 0.29) is 6.10 Å². The highest BCUT2D eigenvalue weighted by Crippen LogP contribution is 2.37. The van der Waals surface area contributed by atoms with Gasteiger partial charge in [-0.25, -0.2) is 0 Å². The molecule has 0 amide bonds. The van der Waals surface area contributed by atoms with Crippen LogP contribution in [0.3, 0.4) is 0 Å². The summed E-state index contributed by atoms with van der Waals surface area (Å²) in [5, 5.41) is 17.3. The lowest BCUT2D eigenvalue weighted by molar-refractivity contribution is 0.0893. The lowest BCUT2D eigenvalue weighted by Gasteiger charge is -2.20. The Morgan fingerprint density at radius 3 is 2.68 bits per heavy atom. The van der Waals surface area contributed by atoms with Gasteiger partial charge in [0.1, 0.15) is 11.8 Å². The van der Waals surface area contributed by atoms with Crippen molar-refractivity contribution in [2.75, 3.05) is 13.2 Å². The number of aryl methyl sites for hydroxylation is 2. The van der Waals surface area contributed by atoms with Crippen LogP contribution in [0, 0.1) is 38.0 Å². The Bertz CT molecular complexity index is 811. The van der Waals surface area contributed by atoms with Crippen molar-refractivity contribution >= 4 is 0 Å². The molecule has 1 fully saturated rings. The molecule has 2 aromatic rings. The Kier molecular flexibility index (Phi) is 4.98. The van der Waals surface area contributed by atoms with Crippen LogP contribution in [0.15, 0.2) is 6.07 Å². The molecular weight excluding hydrogens is 314 g/mol. The molecule has 1 saturated heterocycles. The molecule has 0 aliphatic carbocycles. The first-order chi connectivity index (χ1) is 11.9. The first-order valence-corrected chi connectivity index (χ1v) is 8.81. The van der Waals surface area contributed by atoms with Crippen molar-refractivity contribution in [2.45, 2.75) is 39.8 Å². The number of nitriles is 1. The Morgan fingerprint density at radius 1 is 1.32 bits per heavy atom. The maximum absolute atomic E-state index is 9.15. The van der Waals surface area contributed by atoms with Crippen LogP contribution in [0.4, 0.5) is 0 Å². The summed E-state index contributed by atoms with van der Waals surface area (Å²) in [4.78, 5) is 0. The fraction of sp³-hybridized carbons (Fsp3) is 0.579. The molecule has 25 heavy (non-hydrogen) atoms. The highest BCUT2D eigenvalue weighted by molar-refractivity contribution is 5.34. The summed E-state index contributed by atoms with van der Waals surface area (Å²) >= 11 is 0. The third kappa shape index (κ3) is 3.22. The van der Waals surface area contributed by atoms with Gasteiger partial charge in [0, 0.05) is 56.7 Å². The largest absolute Gasteiger partial charge is 0.373 e. The van der Waals surface area contributed by atoms with Gasteiger partial charge in [0.2, 0.25) is 0 Å². The fourth-order valence-electron chi connectivity index (χ4n) is 3.80. The van der Waals surface area contributed by atoms with E-state index in [4.69, 9.17) is 10.00 Å². The molecular formula is C19H27N5O. The number of ether oxygens (including phenoxy) is 1. The summed E-state index contributed by atoms with van der Waals surface area (Å²) in [7, 11) is 3.92. The minimum atomic E-state index is 0.118. The van der Waals surface area contributed by atoms with Crippen molar-refractivity contribution in [1.29, 1.82) is 5.26 Å². The van der Waals surface area contributed by atoms with Crippen molar-refractivity contribution in [3.8, 4) is 6.07 Å². The van der Waals surface area contributed by atoms with E-state index in [1.165, 1.54) is 16.8 Å². The zero-order valence-corrected chi connectivity index (χ0v) is 15.8. The predicted molar refractivity (Wildman–Crippen MR) is 96.1 cm³/mol. The quantitative estimate of drug-likeness (QED) is 0.907. The van der Waals surface area contributed by atoms with Crippen LogP contribution in [0.1, 0.15) is 46.4 Å². The highest BCUT2D eigenvalue weighted by Gasteiger charge is 2.33. The molecule has 3 rings (SSSR count). The van der Waals surface area contributed by atoms with Gasteiger partial charge in [0.05, 0.1) is 11.8 Å². The van der Waals surface area contributed by atoms with Gasteiger partial charge in [-0.3, -0.25) is 4.68 Å². The summed E-state index contributed by atoms with van der Waals surface area (Å²) in [5.74, 6) is 0.445. The number of hydrogen-bond acceptors (Lipinski definition) is 4. The number of hydrogen-bond donors (Lipinski definition) is 1. The van der Waals surface area contributed by atoms with Crippen LogP contribution < -0.4 is 5.32 Å². The number of rotatable bonds is 5. The molecule has 1 aliphatic heterocycles. The first kappa shape index (κ1) is 17.7. The van der Waals surface area contributed by atoms with Crippen LogP contribution >= 0.6 is 0 Å².